The van der Waals surface area contributed by atoms with Crippen LogP contribution in [0.1, 0.15) is 33.4 Å². The molecule has 0 fully saturated rings. The van der Waals surface area contributed by atoms with E-state index in [0.29, 0.717) is 22.8 Å². The van der Waals surface area contributed by atoms with Crippen molar-refractivity contribution in [2.24, 2.45) is 0 Å². The van der Waals surface area contributed by atoms with E-state index in [2.05, 4.69) is 15.3 Å². The first-order chi connectivity index (χ1) is 16.4. The van der Waals surface area contributed by atoms with E-state index < -0.39 is 23.6 Å². The first kappa shape index (κ1) is 23.1. The standard InChI is InChI=1S/C24H22F2N4O4/c1-14-22(24(32)29-19(12-31)15-8-9-21(33-2)27-11-15)30-10-4-7-20(23(30)28-14)34-13-16-17(25)5-3-6-18(16)26/h3-11,19,31H,12-13H2,1-2H3,(H,29,32). The molecule has 0 aliphatic rings. The number of hydrogen-bond acceptors (Lipinski definition) is 6. The van der Waals surface area contributed by atoms with Crippen LogP contribution in [0.25, 0.3) is 5.65 Å². The molecule has 34 heavy (non-hydrogen) atoms. The highest BCUT2D eigenvalue weighted by molar-refractivity contribution is 5.95. The van der Waals surface area contributed by atoms with E-state index in [0.717, 1.165) is 12.1 Å². The van der Waals surface area contributed by atoms with Gasteiger partial charge in [0.05, 0.1) is 31.0 Å². The quantitative estimate of drug-likeness (QED) is 0.412. The molecule has 3 heterocycles. The van der Waals surface area contributed by atoms with Crippen LogP contribution in [0.2, 0.25) is 0 Å². The number of aromatic nitrogens is 3. The molecule has 0 saturated heterocycles. The Balaban J connectivity index is 1.59. The van der Waals surface area contributed by atoms with Gasteiger partial charge in [0.15, 0.2) is 11.4 Å². The van der Waals surface area contributed by atoms with Crippen molar-refractivity contribution >= 4 is 11.6 Å². The Kier molecular flexibility index (Phi) is 6.69. The fourth-order valence-electron chi connectivity index (χ4n) is 3.54. The summed E-state index contributed by atoms with van der Waals surface area (Å²) in [5.74, 6) is -1.24. The lowest BCUT2D eigenvalue weighted by molar-refractivity contribution is 0.0909. The number of pyridine rings is 2. The van der Waals surface area contributed by atoms with Crippen molar-refractivity contribution in [2.45, 2.75) is 19.6 Å². The predicted octanol–water partition coefficient (Wildman–Crippen LogP) is 3.37. The Morgan fingerprint density at radius 2 is 1.94 bits per heavy atom. The van der Waals surface area contributed by atoms with Crippen LogP contribution >= 0.6 is 0 Å². The van der Waals surface area contributed by atoms with E-state index in [1.807, 2.05) is 0 Å². The van der Waals surface area contributed by atoms with Crippen molar-refractivity contribution in [3.05, 3.63) is 89.0 Å². The van der Waals surface area contributed by atoms with Gasteiger partial charge in [-0.2, -0.15) is 0 Å². The molecule has 0 radical (unpaired) electrons. The van der Waals surface area contributed by atoms with Crippen LogP contribution in [0.15, 0.2) is 54.9 Å². The molecule has 1 unspecified atom stereocenters. The number of imidazole rings is 1. The summed E-state index contributed by atoms with van der Waals surface area (Å²) in [4.78, 5) is 21.6. The highest BCUT2D eigenvalue weighted by Gasteiger charge is 2.22. The van der Waals surface area contributed by atoms with Crippen LogP contribution in [-0.4, -0.2) is 39.1 Å². The molecule has 0 aliphatic heterocycles. The summed E-state index contributed by atoms with van der Waals surface area (Å²) in [7, 11) is 1.49. The smallest absolute Gasteiger partial charge is 0.270 e. The second-order valence-corrected chi connectivity index (χ2v) is 7.44. The second kappa shape index (κ2) is 9.84. The van der Waals surface area contributed by atoms with Crippen molar-refractivity contribution in [1.82, 2.24) is 19.7 Å². The fraction of sp³-hybridized carbons (Fsp3) is 0.208. The van der Waals surface area contributed by atoms with Crippen LogP contribution in [-0.2, 0) is 6.61 Å². The summed E-state index contributed by atoms with van der Waals surface area (Å²) >= 11 is 0. The zero-order chi connectivity index (χ0) is 24.2. The molecule has 0 spiro atoms. The molecule has 8 nitrogen and oxygen atoms in total. The maximum atomic E-state index is 14.0. The number of nitrogens with one attached hydrogen (secondary N) is 1. The number of halogens is 2. The van der Waals surface area contributed by atoms with E-state index in [1.54, 1.807) is 37.4 Å². The summed E-state index contributed by atoms with van der Waals surface area (Å²) < 4.78 is 40.1. The average molecular weight is 468 g/mol. The minimum Gasteiger partial charge on any atom is -0.485 e. The number of amides is 1. The maximum absolute atomic E-state index is 14.0. The van der Waals surface area contributed by atoms with Crippen LogP contribution in [0, 0.1) is 18.6 Å². The molecule has 0 bridgehead atoms. The molecule has 4 rings (SSSR count). The number of carbonyl (C=O) groups is 1. The minimum absolute atomic E-state index is 0.204. The van der Waals surface area contributed by atoms with Crippen molar-refractivity contribution in [2.75, 3.05) is 13.7 Å². The summed E-state index contributed by atoms with van der Waals surface area (Å²) in [6, 6.07) is 9.43. The zero-order valence-electron chi connectivity index (χ0n) is 18.5. The van der Waals surface area contributed by atoms with Gasteiger partial charge < -0.3 is 19.9 Å². The van der Waals surface area contributed by atoms with E-state index in [-0.39, 0.29) is 30.2 Å². The molecule has 4 aromatic rings. The highest BCUT2D eigenvalue weighted by atomic mass is 19.1. The van der Waals surface area contributed by atoms with Gasteiger partial charge in [-0.05, 0) is 42.8 Å². The van der Waals surface area contributed by atoms with Gasteiger partial charge in [-0.25, -0.2) is 18.7 Å². The number of benzene rings is 1. The number of carbonyl (C=O) groups excluding carboxylic acids is 1. The third-order valence-electron chi connectivity index (χ3n) is 5.30. The van der Waals surface area contributed by atoms with E-state index in [9.17, 15) is 18.7 Å². The third-order valence-corrected chi connectivity index (χ3v) is 5.30. The lowest BCUT2D eigenvalue weighted by atomic mass is 10.1. The monoisotopic (exact) mass is 468 g/mol. The predicted molar refractivity (Wildman–Crippen MR) is 119 cm³/mol. The number of ether oxygens (including phenoxy) is 2. The molecular weight excluding hydrogens is 446 g/mol. The van der Waals surface area contributed by atoms with Crippen LogP contribution < -0.4 is 14.8 Å². The topological polar surface area (TPSA) is 98.0 Å². The number of fused-ring (bicyclic) bond motifs is 1. The van der Waals surface area contributed by atoms with Gasteiger partial charge in [0, 0.05) is 18.5 Å². The van der Waals surface area contributed by atoms with Gasteiger partial charge in [-0.1, -0.05) is 6.07 Å². The summed E-state index contributed by atoms with van der Waals surface area (Å²) in [6.07, 6.45) is 3.14. The van der Waals surface area contributed by atoms with Gasteiger partial charge >= 0.3 is 0 Å². The SMILES string of the molecule is COc1ccc(C(CO)NC(=O)c2c(C)nc3c(OCc4c(F)cccc4F)cccn23)cn1. The highest BCUT2D eigenvalue weighted by Crippen LogP contribution is 2.25. The number of aliphatic hydroxyl groups is 1. The largest absolute Gasteiger partial charge is 0.485 e. The van der Waals surface area contributed by atoms with Gasteiger partial charge in [0.25, 0.3) is 5.91 Å². The first-order valence-corrected chi connectivity index (χ1v) is 10.4. The molecule has 0 aliphatic carbocycles. The third kappa shape index (κ3) is 4.53. The van der Waals surface area contributed by atoms with Gasteiger partial charge in [0.2, 0.25) is 5.88 Å². The number of aryl methyl sites for hydroxylation is 1. The number of aliphatic hydroxyl groups excluding tert-OH is 1. The summed E-state index contributed by atoms with van der Waals surface area (Å²) in [5.41, 5.74) is 1.35. The Bertz CT molecular complexity index is 1300. The normalized spacial score (nSPS) is 11.9. The maximum Gasteiger partial charge on any atom is 0.270 e. The number of nitrogens with zero attached hydrogens (tertiary/aromatic N) is 3. The Morgan fingerprint density at radius 1 is 1.18 bits per heavy atom. The molecule has 176 valence electrons. The second-order valence-electron chi connectivity index (χ2n) is 7.44. The lowest BCUT2D eigenvalue weighted by Gasteiger charge is -2.17. The van der Waals surface area contributed by atoms with E-state index in [1.165, 1.54) is 23.8 Å². The van der Waals surface area contributed by atoms with Gasteiger partial charge in [-0.15, -0.1) is 0 Å². The molecule has 2 N–H and O–H groups in total. The molecular formula is C24H22F2N4O4. The summed E-state index contributed by atoms with van der Waals surface area (Å²) in [6.45, 7) is 0.964. The number of methoxy groups -OCH3 is 1. The number of hydrogen-bond donors (Lipinski definition) is 2. The molecule has 1 amide bonds. The zero-order valence-corrected chi connectivity index (χ0v) is 18.5. The minimum atomic E-state index is -0.713. The first-order valence-electron chi connectivity index (χ1n) is 10.4. The lowest BCUT2D eigenvalue weighted by Crippen LogP contribution is -2.32. The average Bonchev–Trinajstić information content (AvgIpc) is 3.18. The van der Waals surface area contributed by atoms with Crippen LogP contribution in [0.3, 0.4) is 0 Å². The Labute approximate surface area is 193 Å². The van der Waals surface area contributed by atoms with Gasteiger partial charge in [-0.3, -0.25) is 9.20 Å². The Hall–Kier alpha value is -4.05. The van der Waals surface area contributed by atoms with Crippen LogP contribution in [0.5, 0.6) is 11.6 Å². The van der Waals surface area contributed by atoms with Crippen molar-refractivity contribution in [1.29, 1.82) is 0 Å². The summed E-state index contributed by atoms with van der Waals surface area (Å²) in [5, 5.41) is 12.6. The number of rotatable bonds is 8. The molecule has 1 aromatic carbocycles. The van der Waals surface area contributed by atoms with Crippen molar-refractivity contribution in [3.63, 3.8) is 0 Å². The van der Waals surface area contributed by atoms with Crippen molar-refractivity contribution < 1.29 is 28.2 Å². The van der Waals surface area contributed by atoms with E-state index >= 15 is 0 Å². The fourth-order valence-corrected chi connectivity index (χ4v) is 3.54. The Morgan fingerprint density at radius 3 is 2.59 bits per heavy atom. The molecule has 3 aromatic heterocycles. The molecule has 10 heteroatoms. The molecule has 1 atom stereocenters. The van der Waals surface area contributed by atoms with Crippen LogP contribution in [0.4, 0.5) is 8.78 Å². The van der Waals surface area contributed by atoms with Gasteiger partial charge in [0.1, 0.15) is 23.9 Å². The van der Waals surface area contributed by atoms with Crippen molar-refractivity contribution in [3.8, 4) is 11.6 Å². The van der Waals surface area contributed by atoms with E-state index in [4.69, 9.17) is 9.47 Å². The molecule has 0 saturated carbocycles.